The minimum atomic E-state index is -3.79. The van der Waals surface area contributed by atoms with Crippen molar-refractivity contribution in [1.29, 1.82) is 0 Å². The molecule has 2 aromatic carbocycles. The monoisotopic (exact) mass is 343 g/mol. The number of hydrogen-bond donors (Lipinski definition) is 1. The number of aryl methyl sites for hydroxylation is 1. The van der Waals surface area contributed by atoms with Crippen LogP contribution < -0.4 is 0 Å². The summed E-state index contributed by atoms with van der Waals surface area (Å²) < 4.78 is 27.7. The number of rotatable bonds is 4. The van der Waals surface area contributed by atoms with Crippen molar-refractivity contribution in [3.63, 3.8) is 0 Å². The Morgan fingerprint density at radius 2 is 1.67 bits per heavy atom. The summed E-state index contributed by atoms with van der Waals surface area (Å²) in [5.41, 5.74) is 2.02. The molecular weight excluding hydrogens is 322 g/mol. The molecule has 0 aliphatic heterocycles. The van der Waals surface area contributed by atoms with Crippen LogP contribution >= 0.6 is 0 Å². The van der Waals surface area contributed by atoms with Crippen LogP contribution in [-0.2, 0) is 10.0 Å². The maximum Gasteiger partial charge on any atom is 0.268 e. The predicted molar refractivity (Wildman–Crippen MR) is 95.5 cm³/mol. The van der Waals surface area contributed by atoms with Gasteiger partial charge in [-0.25, -0.2) is 12.4 Å². The molecule has 0 saturated heterocycles. The number of aliphatic hydroxyl groups is 1. The summed E-state index contributed by atoms with van der Waals surface area (Å²) in [6, 6.07) is 15.7. The Balaban J connectivity index is 2.35. The molecule has 1 aromatic heterocycles. The lowest BCUT2D eigenvalue weighted by Gasteiger charge is -2.18. The van der Waals surface area contributed by atoms with Gasteiger partial charge < -0.3 is 5.11 Å². The van der Waals surface area contributed by atoms with Crippen molar-refractivity contribution in [2.45, 2.75) is 31.8 Å². The van der Waals surface area contributed by atoms with E-state index in [-0.39, 0.29) is 10.8 Å². The smallest absolute Gasteiger partial charge is 0.268 e. The fraction of sp³-hybridized carbons (Fsp3) is 0.263. The van der Waals surface area contributed by atoms with Crippen LogP contribution in [0.25, 0.3) is 10.9 Å². The first-order valence-electron chi connectivity index (χ1n) is 7.93. The fourth-order valence-electron chi connectivity index (χ4n) is 2.84. The van der Waals surface area contributed by atoms with Crippen molar-refractivity contribution in [3.8, 4) is 0 Å². The number of aromatic nitrogens is 1. The molecule has 0 saturated carbocycles. The SMILES string of the molecule is Cc1ccc2c(c1)cc(C(O)C(C)C)n2S(=O)(=O)c1ccccc1. The van der Waals surface area contributed by atoms with Gasteiger partial charge in [0.2, 0.25) is 0 Å². The van der Waals surface area contributed by atoms with Crippen molar-refractivity contribution in [3.05, 3.63) is 65.9 Å². The van der Waals surface area contributed by atoms with E-state index in [4.69, 9.17) is 0 Å². The highest BCUT2D eigenvalue weighted by atomic mass is 32.2. The van der Waals surface area contributed by atoms with Crippen molar-refractivity contribution >= 4 is 20.9 Å². The molecule has 24 heavy (non-hydrogen) atoms. The number of aliphatic hydroxyl groups excluding tert-OH is 1. The summed E-state index contributed by atoms with van der Waals surface area (Å²) >= 11 is 0. The van der Waals surface area contributed by atoms with Gasteiger partial charge in [0.25, 0.3) is 10.0 Å². The van der Waals surface area contributed by atoms with Gasteiger partial charge in [0.05, 0.1) is 22.2 Å². The van der Waals surface area contributed by atoms with Crippen molar-refractivity contribution in [2.75, 3.05) is 0 Å². The first-order valence-corrected chi connectivity index (χ1v) is 9.37. The predicted octanol–water partition coefficient (Wildman–Crippen LogP) is 3.88. The fourth-order valence-corrected chi connectivity index (χ4v) is 4.42. The largest absolute Gasteiger partial charge is 0.387 e. The Kier molecular flexibility index (Phi) is 4.24. The Bertz CT molecular complexity index is 973. The zero-order valence-corrected chi connectivity index (χ0v) is 14.8. The van der Waals surface area contributed by atoms with Crippen LogP contribution in [-0.4, -0.2) is 17.5 Å². The Morgan fingerprint density at radius 1 is 1.00 bits per heavy atom. The number of benzene rings is 2. The molecule has 4 nitrogen and oxygen atoms in total. The van der Waals surface area contributed by atoms with Gasteiger partial charge in [0, 0.05) is 5.39 Å². The van der Waals surface area contributed by atoms with E-state index in [1.807, 2.05) is 32.9 Å². The second-order valence-electron chi connectivity index (χ2n) is 6.40. The van der Waals surface area contributed by atoms with Gasteiger partial charge in [-0.3, -0.25) is 0 Å². The first-order chi connectivity index (χ1) is 11.3. The highest BCUT2D eigenvalue weighted by Crippen LogP contribution is 2.32. The molecule has 1 atom stereocenters. The number of hydrogen-bond acceptors (Lipinski definition) is 3. The van der Waals surface area contributed by atoms with Gasteiger partial charge in [-0.15, -0.1) is 0 Å². The third-order valence-corrected chi connectivity index (χ3v) is 5.91. The Hall–Kier alpha value is -2.11. The van der Waals surface area contributed by atoms with Crippen LogP contribution in [0, 0.1) is 12.8 Å². The summed E-state index contributed by atoms with van der Waals surface area (Å²) in [7, 11) is -3.79. The molecule has 3 rings (SSSR count). The van der Waals surface area contributed by atoms with Crippen LogP contribution in [0.4, 0.5) is 0 Å². The van der Waals surface area contributed by atoms with E-state index in [0.29, 0.717) is 11.2 Å². The lowest BCUT2D eigenvalue weighted by molar-refractivity contribution is 0.122. The van der Waals surface area contributed by atoms with Crippen molar-refractivity contribution in [1.82, 2.24) is 3.97 Å². The molecular formula is C19H21NO3S. The third kappa shape index (κ3) is 2.74. The lowest BCUT2D eigenvalue weighted by Crippen LogP contribution is -2.19. The summed E-state index contributed by atoms with van der Waals surface area (Å²) in [6.07, 6.45) is -0.865. The molecule has 0 aliphatic rings. The molecule has 0 radical (unpaired) electrons. The maximum absolute atomic E-state index is 13.2. The van der Waals surface area contributed by atoms with E-state index >= 15 is 0 Å². The van der Waals surface area contributed by atoms with Gasteiger partial charge in [0.1, 0.15) is 0 Å². The molecule has 0 fully saturated rings. The molecule has 5 heteroatoms. The van der Waals surface area contributed by atoms with E-state index in [0.717, 1.165) is 10.9 Å². The van der Waals surface area contributed by atoms with Crippen LogP contribution in [0.1, 0.15) is 31.2 Å². The maximum atomic E-state index is 13.2. The molecule has 1 heterocycles. The molecule has 0 aliphatic carbocycles. The normalized spacial score (nSPS) is 13.5. The molecule has 126 valence electrons. The van der Waals surface area contributed by atoms with Gasteiger partial charge in [-0.2, -0.15) is 0 Å². The minimum Gasteiger partial charge on any atom is -0.387 e. The quantitative estimate of drug-likeness (QED) is 0.782. The van der Waals surface area contributed by atoms with Crippen LogP contribution in [0.15, 0.2) is 59.5 Å². The van der Waals surface area contributed by atoms with Gasteiger partial charge in [-0.05, 0) is 43.2 Å². The standard InChI is InChI=1S/C19H21NO3S/c1-13(2)19(21)18-12-15-11-14(3)9-10-17(15)20(18)24(22,23)16-7-5-4-6-8-16/h4-13,19,21H,1-3H3. The summed E-state index contributed by atoms with van der Waals surface area (Å²) in [4.78, 5) is 0.209. The van der Waals surface area contributed by atoms with Crippen LogP contribution in [0.2, 0.25) is 0 Å². The summed E-state index contributed by atoms with van der Waals surface area (Å²) in [6.45, 7) is 5.70. The van der Waals surface area contributed by atoms with E-state index in [2.05, 4.69) is 0 Å². The first kappa shape index (κ1) is 16.7. The summed E-state index contributed by atoms with van der Waals surface area (Å²) in [5.74, 6) is -0.0971. The van der Waals surface area contributed by atoms with Gasteiger partial charge >= 0.3 is 0 Å². The average Bonchev–Trinajstić information content (AvgIpc) is 2.93. The van der Waals surface area contributed by atoms with E-state index in [9.17, 15) is 13.5 Å². The zero-order chi connectivity index (χ0) is 17.5. The highest BCUT2D eigenvalue weighted by Gasteiger charge is 2.27. The van der Waals surface area contributed by atoms with Gasteiger partial charge in [0.15, 0.2) is 0 Å². The molecule has 0 amide bonds. The molecule has 3 aromatic rings. The Labute approximate surface area is 142 Å². The summed E-state index contributed by atoms with van der Waals surface area (Å²) in [5, 5.41) is 11.4. The number of fused-ring (bicyclic) bond motifs is 1. The molecule has 0 spiro atoms. The van der Waals surface area contributed by atoms with Gasteiger partial charge in [-0.1, -0.05) is 43.7 Å². The Morgan fingerprint density at radius 3 is 2.29 bits per heavy atom. The van der Waals surface area contributed by atoms with E-state index in [1.165, 1.54) is 3.97 Å². The van der Waals surface area contributed by atoms with Crippen LogP contribution in [0.3, 0.4) is 0 Å². The van der Waals surface area contributed by atoms with Crippen LogP contribution in [0.5, 0.6) is 0 Å². The van der Waals surface area contributed by atoms with Crippen molar-refractivity contribution in [2.24, 2.45) is 5.92 Å². The zero-order valence-electron chi connectivity index (χ0n) is 14.0. The molecule has 0 bridgehead atoms. The van der Waals surface area contributed by atoms with E-state index < -0.39 is 16.1 Å². The van der Waals surface area contributed by atoms with Crippen molar-refractivity contribution < 1.29 is 13.5 Å². The topological polar surface area (TPSA) is 59.3 Å². The third-order valence-electron chi connectivity index (χ3n) is 4.16. The highest BCUT2D eigenvalue weighted by molar-refractivity contribution is 7.90. The minimum absolute atomic E-state index is 0.0971. The lowest BCUT2D eigenvalue weighted by atomic mass is 10.0. The molecule has 1 unspecified atom stereocenters. The second kappa shape index (κ2) is 6.07. The van der Waals surface area contributed by atoms with E-state index in [1.54, 1.807) is 42.5 Å². The second-order valence-corrected chi connectivity index (χ2v) is 8.19. The average molecular weight is 343 g/mol. The number of nitrogens with zero attached hydrogens (tertiary/aromatic N) is 1. The molecule has 1 N–H and O–H groups in total.